The Bertz CT molecular complexity index is 669. The number of hydrogen-bond acceptors (Lipinski definition) is 5. The molecular formula is C16H19F2N3OS. The number of nitrogens with zero attached hydrogens (tertiary/aromatic N) is 3. The van der Waals surface area contributed by atoms with Gasteiger partial charge in [-0.05, 0) is 19.1 Å². The van der Waals surface area contributed by atoms with Gasteiger partial charge in [0.25, 0.3) is 0 Å². The van der Waals surface area contributed by atoms with Crippen LogP contribution in [0.5, 0.6) is 0 Å². The van der Waals surface area contributed by atoms with E-state index in [9.17, 15) is 13.9 Å². The van der Waals surface area contributed by atoms with Gasteiger partial charge in [-0.2, -0.15) is 0 Å². The first-order chi connectivity index (χ1) is 11.0. The number of aromatic nitrogens is 1. The number of aliphatic hydroxyl groups is 1. The molecule has 2 aromatic rings. The van der Waals surface area contributed by atoms with Crippen molar-refractivity contribution < 1.29 is 13.9 Å². The molecule has 1 aromatic carbocycles. The van der Waals surface area contributed by atoms with Crippen LogP contribution in [0.2, 0.25) is 0 Å². The minimum Gasteiger partial charge on any atom is -0.388 e. The van der Waals surface area contributed by atoms with Crippen molar-refractivity contribution in [3.63, 3.8) is 0 Å². The zero-order valence-corrected chi connectivity index (χ0v) is 13.7. The molecule has 0 radical (unpaired) electrons. The molecule has 1 aromatic heterocycles. The molecule has 23 heavy (non-hydrogen) atoms. The predicted molar refractivity (Wildman–Crippen MR) is 86.6 cm³/mol. The highest BCUT2D eigenvalue weighted by Crippen LogP contribution is 2.24. The van der Waals surface area contributed by atoms with Gasteiger partial charge in [0.05, 0.1) is 23.2 Å². The second-order valence-corrected chi connectivity index (χ2v) is 6.84. The average molecular weight is 339 g/mol. The quantitative estimate of drug-likeness (QED) is 0.930. The zero-order valence-electron chi connectivity index (χ0n) is 12.9. The third kappa shape index (κ3) is 3.85. The van der Waals surface area contributed by atoms with Gasteiger partial charge in [-0.1, -0.05) is 0 Å². The summed E-state index contributed by atoms with van der Waals surface area (Å²) in [5, 5.41) is 10.5. The third-order valence-electron chi connectivity index (χ3n) is 3.96. The van der Waals surface area contributed by atoms with E-state index in [1.54, 1.807) is 13.1 Å². The van der Waals surface area contributed by atoms with Crippen LogP contribution in [0.15, 0.2) is 24.4 Å². The van der Waals surface area contributed by atoms with Crippen LogP contribution < -0.4 is 4.90 Å². The fourth-order valence-corrected chi connectivity index (χ4v) is 3.57. The van der Waals surface area contributed by atoms with E-state index in [4.69, 9.17) is 0 Å². The van der Waals surface area contributed by atoms with E-state index in [1.807, 2.05) is 4.90 Å². The highest BCUT2D eigenvalue weighted by molar-refractivity contribution is 7.11. The number of thiazole rings is 1. The van der Waals surface area contributed by atoms with Gasteiger partial charge in [-0.3, -0.25) is 4.90 Å². The lowest BCUT2D eigenvalue weighted by Crippen LogP contribution is -2.46. The van der Waals surface area contributed by atoms with Crippen molar-refractivity contribution in [3.05, 3.63) is 45.9 Å². The summed E-state index contributed by atoms with van der Waals surface area (Å²) in [6.45, 7) is 5.43. The molecule has 3 rings (SSSR count). The summed E-state index contributed by atoms with van der Waals surface area (Å²) in [7, 11) is 0. The normalized spacial score (nSPS) is 17.5. The first kappa shape index (κ1) is 16.3. The van der Waals surface area contributed by atoms with Crippen LogP contribution in [0.3, 0.4) is 0 Å². The molecular weight excluding hydrogens is 320 g/mol. The third-order valence-corrected chi connectivity index (χ3v) is 5.12. The number of halogens is 2. The molecule has 0 spiro atoms. The summed E-state index contributed by atoms with van der Waals surface area (Å²) in [5.74, 6) is -1.07. The van der Waals surface area contributed by atoms with Crippen molar-refractivity contribution in [2.75, 3.05) is 31.1 Å². The Morgan fingerprint density at radius 2 is 2.00 bits per heavy atom. The Morgan fingerprint density at radius 1 is 1.26 bits per heavy atom. The summed E-state index contributed by atoms with van der Waals surface area (Å²) < 4.78 is 26.8. The van der Waals surface area contributed by atoms with E-state index < -0.39 is 17.7 Å². The molecule has 0 saturated carbocycles. The Labute approximate surface area is 138 Å². The van der Waals surface area contributed by atoms with Crippen molar-refractivity contribution >= 4 is 17.0 Å². The highest BCUT2D eigenvalue weighted by atomic mass is 32.1. The van der Waals surface area contributed by atoms with Crippen LogP contribution >= 0.6 is 11.3 Å². The Kier molecular flexibility index (Phi) is 4.89. The maximum absolute atomic E-state index is 13.8. The summed E-state index contributed by atoms with van der Waals surface area (Å²) in [6.07, 6.45) is 1.23. The first-order valence-corrected chi connectivity index (χ1v) is 8.39. The van der Waals surface area contributed by atoms with E-state index >= 15 is 0 Å². The number of aliphatic hydroxyl groups excluding tert-OH is 1. The number of rotatable bonds is 4. The van der Waals surface area contributed by atoms with Crippen molar-refractivity contribution in [1.29, 1.82) is 0 Å². The molecule has 0 aliphatic carbocycles. The van der Waals surface area contributed by atoms with Crippen LogP contribution in [0.25, 0.3) is 0 Å². The summed E-state index contributed by atoms with van der Waals surface area (Å²) in [4.78, 5) is 9.39. The van der Waals surface area contributed by atoms with Crippen molar-refractivity contribution in [1.82, 2.24) is 9.88 Å². The number of anilines is 1. The van der Waals surface area contributed by atoms with Crippen LogP contribution in [-0.4, -0.2) is 41.2 Å². The molecule has 2 heterocycles. The molecule has 1 fully saturated rings. The Balaban J connectivity index is 1.57. The van der Waals surface area contributed by atoms with Crippen LogP contribution in [0.1, 0.15) is 22.9 Å². The van der Waals surface area contributed by atoms with Gasteiger partial charge in [-0.15, -0.1) is 11.3 Å². The molecule has 4 nitrogen and oxygen atoms in total. The van der Waals surface area contributed by atoms with Gasteiger partial charge < -0.3 is 10.0 Å². The lowest BCUT2D eigenvalue weighted by atomic mass is 10.2. The topological polar surface area (TPSA) is 39.6 Å². The number of piperazine rings is 1. The predicted octanol–water partition coefficient (Wildman–Crippen LogP) is 2.80. The minimum atomic E-state index is -0.553. The van der Waals surface area contributed by atoms with Crippen molar-refractivity contribution in [2.45, 2.75) is 19.6 Å². The lowest BCUT2D eigenvalue weighted by molar-refractivity contribution is 0.203. The molecule has 7 heteroatoms. The maximum atomic E-state index is 13.8. The maximum Gasteiger partial charge on any atom is 0.149 e. The molecule has 0 bridgehead atoms. The number of hydrogen-bond donors (Lipinski definition) is 1. The second-order valence-electron chi connectivity index (χ2n) is 5.69. The highest BCUT2D eigenvalue weighted by Gasteiger charge is 2.20. The van der Waals surface area contributed by atoms with Gasteiger partial charge in [0, 0.05) is 38.4 Å². The Hall–Kier alpha value is -1.57. The lowest BCUT2D eigenvalue weighted by Gasteiger charge is -2.35. The Morgan fingerprint density at radius 3 is 2.61 bits per heavy atom. The number of benzene rings is 1. The molecule has 1 aliphatic rings. The first-order valence-electron chi connectivity index (χ1n) is 7.58. The van der Waals surface area contributed by atoms with Crippen molar-refractivity contribution in [2.24, 2.45) is 0 Å². The van der Waals surface area contributed by atoms with Gasteiger partial charge in [-0.25, -0.2) is 13.8 Å². The molecule has 1 unspecified atom stereocenters. The zero-order chi connectivity index (χ0) is 16.4. The van der Waals surface area contributed by atoms with Crippen molar-refractivity contribution in [3.8, 4) is 0 Å². The fourth-order valence-electron chi connectivity index (χ4n) is 2.67. The van der Waals surface area contributed by atoms with Crippen LogP contribution in [0, 0.1) is 11.6 Å². The van der Waals surface area contributed by atoms with E-state index in [-0.39, 0.29) is 0 Å². The average Bonchev–Trinajstić information content (AvgIpc) is 2.97. The molecule has 1 N–H and O–H groups in total. The standard InChI is InChI=1S/C16H19F2N3OS/c1-11(22)15-9-19-16(23-15)10-20-4-6-21(7-5-20)14-3-2-12(17)8-13(14)18/h2-3,8-9,11,22H,4-7,10H2,1H3. The molecule has 1 aliphatic heterocycles. The van der Waals surface area contributed by atoms with Gasteiger partial charge in [0.2, 0.25) is 0 Å². The SMILES string of the molecule is CC(O)c1cnc(CN2CCN(c3ccc(F)cc3F)CC2)s1. The van der Waals surface area contributed by atoms with Gasteiger partial charge in [0.1, 0.15) is 16.6 Å². The largest absolute Gasteiger partial charge is 0.388 e. The monoisotopic (exact) mass is 339 g/mol. The van der Waals surface area contributed by atoms with Crippen LogP contribution in [-0.2, 0) is 6.54 Å². The van der Waals surface area contributed by atoms with Crippen LogP contribution in [0.4, 0.5) is 14.5 Å². The van der Waals surface area contributed by atoms with E-state index in [1.165, 1.54) is 23.5 Å². The minimum absolute atomic E-state index is 0.455. The molecule has 1 atom stereocenters. The van der Waals surface area contributed by atoms with Gasteiger partial charge >= 0.3 is 0 Å². The second kappa shape index (κ2) is 6.90. The van der Waals surface area contributed by atoms with E-state index in [2.05, 4.69) is 9.88 Å². The summed E-state index contributed by atoms with van der Waals surface area (Å²) >= 11 is 1.52. The van der Waals surface area contributed by atoms with E-state index in [0.717, 1.165) is 35.6 Å². The molecule has 124 valence electrons. The smallest absolute Gasteiger partial charge is 0.149 e. The van der Waals surface area contributed by atoms with E-state index in [0.29, 0.717) is 18.8 Å². The molecule has 1 saturated heterocycles. The van der Waals surface area contributed by atoms with Gasteiger partial charge in [0.15, 0.2) is 0 Å². The summed E-state index contributed by atoms with van der Waals surface area (Å²) in [5.41, 5.74) is 0.455. The fraction of sp³-hybridized carbons (Fsp3) is 0.438. The molecule has 0 amide bonds. The summed E-state index contributed by atoms with van der Waals surface area (Å²) in [6, 6.07) is 3.71.